The van der Waals surface area contributed by atoms with Crippen molar-refractivity contribution in [2.24, 2.45) is 0 Å². The van der Waals surface area contributed by atoms with Crippen LogP contribution in [0.4, 0.5) is 4.39 Å². The zero-order chi connectivity index (χ0) is 15.2. The van der Waals surface area contributed by atoms with Crippen molar-refractivity contribution in [3.63, 3.8) is 0 Å². The van der Waals surface area contributed by atoms with E-state index in [9.17, 15) is 4.39 Å². The molecule has 0 spiro atoms. The summed E-state index contributed by atoms with van der Waals surface area (Å²) in [6, 6.07) is 13.2. The molecule has 0 fully saturated rings. The third-order valence-electron chi connectivity index (χ3n) is 2.99. The van der Waals surface area contributed by atoms with E-state index in [1.54, 1.807) is 24.9 Å². The lowest BCUT2D eigenvalue weighted by atomic mass is 10.2. The molecule has 1 N–H and O–H groups in total. The van der Waals surface area contributed by atoms with Crippen LogP contribution in [0.2, 0.25) is 0 Å². The summed E-state index contributed by atoms with van der Waals surface area (Å²) in [5, 5.41) is 3.33. The van der Waals surface area contributed by atoms with Gasteiger partial charge in [0, 0.05) is 22.4 Å². The molecule has 2 rings (SSSR count). The van der Waals surface area contributed by atoms with Crippen molar-refractivity contribution >= 4 is 11.8 Å². The lowest BCUT2D eigenvalue weighted by Crippen LogP contribution is -2.22. The number of benzene rings is 2. The van der Waals surface area contributed by atoms with E-state index in [-0.39, 0.29) is 5.82 Å². The minimum absolute atomic E-state index is 0.203. The van der Waals surface area contributed by atoms with Gasteiger partial charge in [-0.2, -0.15) is 0 Å². The Kier molecular flexibility index (Phi) is 5.65. The smallest absolute Gasteiger partial charge is 0.123 e. The summed E-state index contributed by atoms with van der Waals surface area (Å²) in [6.07, 6.45) is 0. The van der Waals surface area contributed by atoms with E-state index in [0.717, 1.165) is 21.1 Å². The Bertz CT molecular complexity index is 601. The van der Waals surface area contributed by atoms with Gasteiger partial charge in [0.1, 0.15) is 11.6 Å². The third-order valence-corrected chi connectivity index (χ3v) is 4.10. The second-order valence-corrected chi connectivity index (χ2v) is 6.18. The fourth-order valence-electron chi connectivity index (χ4n) is 1.89. The van der Waals surface area contributed by atoms with Gasteiger partial charge in [0.15, 0.2) is 0 Å². The monoisotopic (exact) mass is 305 g/mol. The lowest BCUT2D eigenvalue weighted by Gasteiger charge is -2.13. The van der Waals surface area contributed by atoms with Crippen LogP contribution in [0.15, 0.2) is 52.3 Å². The number of ether oxygens (including phenoxy) is 1. The molecule has 0 aliphatic carbocycles. The van der Waals surface area contributed by atoms with Crippen LogP contribution in [0.3, 0.4) is 0 Å². The molecule has 0 saturated carbocycles. The van der Waals surface area contributed by atoms with Crippen molar-refractivity contribution in [3.8, 4) is 5.75 Å². The Hall–Kier alpha value is -1.52. The maximum atomic E-state index is 13.5. The first-order valence-corrected chi connectivity index (χ1v) is 7.74. The molecular weight excluding hydrogens is 285 g/mol. The second kappa shape index (κ2) is 7.48. The highest BCUT2D eigenvalue weighted by Crippen LogP contribution is 2.32. The summed E-state index contributed by atoms with van der Waals surface area (Å²) < 4.78 is 18.7. The van der Waals surface area contributed by atoms with E-state index in [1.807, 2.05) is 30.3 Å². The van der Waals surface area contributed by atoms with Gasteiger partial charge in [-0.05, 0) is 42.0 Å². The molecule has 2 aromatic carbocycles. The first-order valence-electron chi connectivity index (χ1n) is 6.92. The van der Waals surface area contributed by atoms with Crippen LogP contribution in [0, 0.1) is 5.82 Å². The van der Waals surface area contributed by atoms with Gasteiger partial charge in [-0.3, -0.25) is 0 Å². The number of rotatable bonds is 6. The molecule has 0 bridgehead atoms. The molecule has 21 heavy (non-hydrogen) atoms. The molecule has 112 valence electrons. The van der Waals surface area contributed by atoms with Gasteiger partial charge in [-0.15, -0.1) is 0 Å². The highest BCUT2D eigenvalue weighted by Gasteiger charge is 2.07. The molecule has 0 aliphatic rings. The van der Waals surface area contributed by atoms with Crippen molar-refractivity contribution in [3.05, 3.63) is 53.8 Å². The maximum absolute atomic E-state index is 13.5. The average Bonchev–Trinajstić information content (AvgIpc) is 2.47. The summed E-state index contributed by atoms with van der Waals surface area (Å²) in [7, 11) is 1.65. The van der Waals surface area contributed by atoms with Gasteiger partial charge in [-0.1, -0.05) is 31.7 Å². The zero-order valence-electron chi connectivity index (χ0n) is 12.5. The number of hydrogen-bond donors (Lipinski definition) is 1. The van der Waals surface area contributed by atoms with Gasteiger partial charge in [0.25, 0.3) is 0 Å². The molecule has 2 nitrogen and oxygen atoms in total. The summed E-state index contributed by atoms with van der Waals surface area (Å²) in [5.74, 6) is 0.620. The molecule has 0 aromatic heterocycles. The Labute approximate surface area is 129 Å². The van der Waals surface area contributed by atoms with E-state index < -0.39 is 0 Å². The maximum Gasteiger partial charge on any atom is 0.123 e. The van der Waals surface area contributed by atoms with E-state index in [4.69, 9.17) is 4.74 Å². The van der Waals surface area contributed by atoms with Gasteiger partial charge in [0.2, 0.25) is 0 Å². The quantitative estimate of drug-likeness (QED) is 0.850. The summed E-state index contributed by atoms with van der Waals surface area (Å²) in [5.41, 5.74) is 0.969. The topological polar surface area (TPSA) is 21.3 Å². The van der Waals surface area contributed by atoms with Gasteiger partial charge < -0.3 is 10.1 Å². The third kappa shape index (κ3) is 4.76. The molecular formula is C17H20FNOS. The Balaban J connectivity index is 2.21. The minimum Gasteiger partial charge on any atom is -0.497 e. The summed E-state index contributed by atoms with van der Waals surface area (Å²) >= 11 is 1.62. The molecule has 0 heterocycles. The van der Waals surface area contributed by atoms with Crippen molar-refractivity contribution < 1.29 is 9.13 Å². The molecule has 0 radical (unpaired) electrons. The van der Waals surface area contributed by atoms with Gasteiger partial charge in [0.05, 0.1) is 7.11 Å². The fourth-order valence-corrected chi connectivity index (χ4v) is 2.87. The van der Waals surface area contributed by atoms with Crippen LogP contribution >= 0.6 is 11.8 Å². The van der Waals surface area contributed by atoms with E-state index >= 15 is 0 Å². The normalized spacial score (nSPS) is 10.9. The predicted octanol–water partition coefficient (Wildman–Crippen LogP) is 4.48. The van der Waals surface area contributed by atoms with Crippen molar-refractivity contribution in [1.29, 1.82) is 0 Å². The number of halogens is 1. The number of methoxy groups -OCH3 is 1. The minimum atomic E-state index is -0.203. The van der Waals surface area contributed by atoms with Crippen molar-refractivity contribution in [1.82, 2.24) is 5.32 Å². The number of nitrogens with one attached hydrogen (secondary N) is 1. The van der Waals surface area contributed by atoms with Crippen LogP contribution in [0.1, 0.15) is 19.4 Å². The predicted molar refractivity (Wildman–Crippen MR) is 85.5 cm³/mol. The molecule has 2 aromatic rings. The zero-order valence-corrected chi connectivity index (χ0v) is 13.3. The highest BCUT2D eigenvalue weighted by molar-refractivity contribution is 7.99. The average molecular weight is 305 g/mol. The van der Waals surface area contributed by atoms with Crippen LogP contribution in [0.25, 0.3) is 0 Å². The summed E-state index contributed by atoms with van der Waals surface area (Å²) in [4.78, 5) is 2.13. The van der Waals surface area contributed by atoms with Crippen molar-refractivity contribution in [2.45, 2.75) is 36.2 Å². The fraction of sp³-hybridized carbons (Fsp3) is 0.294. The van der Waals surface area contributed by atoms with E-state index in [2.05, 4.69) is 19.2 Å². The Morgan fingerprint density at radius 3 is 2.71 bits per heavy atom. The highest BCUT2D eigenvalue weighted by atomic mass is 32.2. The molecule has 0 unspecified atom stereocenters. The van der Waals surface area contributed by atoms with E-state index in [0.29, 0.717) is 12.6 Å². The standard InChI is InChI=1S/C17H20FNOS/c1-12(2)19-11-13-9-14(18)7-8-17(13)21-16-6-4-5-15(10-16)20-3/h4-10,12,19H,11H2,1-3H3. The second-order valence-electron chi connectivity index (χ2n) is 5.07. The molecule has 0 amide bonds. The SMILES string of the molecule is COc1cccc(Sc2ccc(F)cc2CNC(C)C)c1. The van der Waals surface area contributed by atoms with Crippen molar-refractivity contribution in [2.75, 3.05) is 7.11 Å². The first-order chi connectivity index (χ1) is 10.1. The molecule has 0 saturated heterocycles. The Morgan fingerprint density at radius 2 is 2.00 bits per heavy atom. The van der Waals surface area contributed by atoms with Crippen LogP contribution in [-0.4, -0.2) is 13.2 Å². The van der Waals surface area contributed by atoms with Gasteiger partial charge in [-0.25, -0.2) is 4.39 Å². The lowest BCUT2D eigenvalue weighted by molar-refractivity contribution is 0.413. The first kappa shape index (κ1) is 15.9. The Morgan fingerprint density at radius 1 is 1.19 bits per heavy atom. The van der Waals surface area contributed by atoms with E-state index in [1.165, 1.54) is 6.07 Å². The van der Waals surface area contributed by atoms with Crippen LogP contribution < -0.4 is 10.1 Å². The largest absolute Gasteiger partial charge is 0.497 e. The summed E-state index contributed by atoms with van der Waals surface area (Å²) in [6.45, 7) is 4.81. The van der Waals surface area contributed by atoms with Crippen LogP contribution in [0.5, 0.6) is 5.75 Å². The number of hydrogen-bond acceptors (Lipinski definition) is 3. The van der Waals surface area contributed by atoms with Gasteiger partial charge >= 0.3 is 0 Å². The van der Waals surface area contributed by atoms with Crippen LogP contribution in [-0.2, 0) is 6.54 Å². The molecule has 0 atom stereocenters. The molecule has 4 heteroatoms. The molecule has 0 aliphatic heterocycles.